The van der Waals surface area contributed by atoms with E-state index in [9.17, 15) is 18.0 Å². The van der Waals surface area contributed by atoms with Gasteiger partial charge in [-0.3, -0.25) is 9.59 Å². The second-order valence-electron chi connectivity index (χ2n) is 5.19. The molecule has 1 amide bonds. The van der Waals surface area contributed by atoms with Crippen LogP contribution in [0.3, 0.4) is 0 Å². The number of ether oxygens (including phenoxy) is 1. The van der Waals surface area contributed by atoms with Crippen molar-refractivity contribution in [2.45, 2.75) is 38.5 Å². The number of hydrogen-bond acceptors (Lipinski definition) is 5. The highest BCUT2D eigenvalue weighted by Crippen LogP contribution is 2.27. The van der Waals surface area contributed by atoms with E-state index in [4.69, 9.17) is 16.3 Å². The monoisotopic (exact) mass is 390 g/mol. The third-order valence-corrected chi connectivity index (χ3v) is 5.75. The predicted octanol–water partition coefficient (Wildman–Crippen LogP) is 2.65. The van der Waals surface area contributed by atoms with E-state index in [0.29, 0.717) is 19.5 Å². The van der Waals surface area contributed by atoms with Crippen LogP contribution in [0.4, 0.5) is 5.69 Å². The number of carbonyl (C=O) groups excluding carboxylic acids is 2. The lowest BCUT2D eigenvalue weighted by Crippen LogP contribution is -2.30. The van der Waals surface area contributed by atoms with E-state index in [1.165, 1.54) is 22.5 Å². The van der Waals surface area contributed by atoms with E-state index in [2.05, 4.69) is 5.32 Å². The molecule has 0 heterocycles. The molecule has 0 aliphatic heterocycles. The number of carbonyl (C=O) groups is 2. The highest BCUT2D eigenvalue weighted by atomic mass is 35.5. The number of nitrogens with one attached hydrogen (secondary N) is 1. The van der Waals surface area contributed by atoms with Crippen molar-refractivity contribution < 1.29 is 22.7 Å². The fourth-order valence-electron chi connectivity index (χ4n) is 2.08. The van der Waals surface area contributed by atoms with Crippen LogP contribution in [-0.2, 0) is 24.3 Å². The highest BCUT2D eigenvalue weighted by molar-refractivity contribution is 7.89. The molecule has 0 saturated carbocycles. The van der Waals surface area contributed by atoms with Gasteiger partial charge in [-0.2, -0.15) is 4.31 Å². The van der Waals surface area contributed by atoms with Crippen LogP contribution in [0.2, 0.25) is 5.02 Å². The number of hydrogen-bond donors (Lipinski definition) is 1. The maximum absolute atomic E-state index is 12.5. The van der Waals surface area contributed by atoms with Crippen molar-refractivity contribution in [2.75, 3.05) is 25.0 Å². The van der Waals surface area contributed by atoms with Gasteiger partial charge in [0.15, 0.2) is 6.61 Å². The van der Waals surface area contributed by atoms with Gasteiger partial charge in [0.2, 0.25) is 10.0 Å². The Kier molecular flexibility index (Phi) is 8.34. The summed E-state index contributed by atoms with van der Waals surface area (Å²) in [6.07, 6.45) is 0.850. The summed E-state index contributed by atoms with van der Waals surface area (Å²) >= 11 is 6.02. The SMILES string of the molecule is CCCC(=O)OCC(=O)Nc1cc(S(=O)(=O)N(CC)CC)ccc1Cl. The molecule has 0 atom stereocenters. The van der Waals surface area contributed by atoms with Crippen molar-refractivity contribution in [1.29, 1.82) is 0 Å². The van der Waals surface area contributed by atoms with Gasteiger partial charge >= 0.3 is 5.97 Å². The molecule has 25 heavy (non-hydrogen) atoms. The fourth-order valence-corrected chi connectivity index (χ4v) is 3.73. The van der Waals surface area contributed by atoms with Crippen LogP contribution in [0.1, 0.15) is 33.6 Å². The molecule has 1 aromatic carbocycles. The summed E-state index contributed by atoms with van der Waals surface area (Å²) in [6.45, 7) is 5.51. The molecule has 7 nitrogen and oxygen atoms in total. The number of anilines is 1. The van der Waals surface area contributed by atoms with E-state index in [0.717, 1.165) is 0 Å². The zero-order valence-electron chi connectivity index (χ0n) is 14.5. The summed E-state index contributed by atoms with van der Waals surface area (Å²) < 4.78 is 31.2. The Labute approximate surface area is 153 Å². The summed E-state index contributed by atoms with van der Waals surface area (Å²) in [6, 6.07) is 4.07. The van der Waals surface area contributed by atoms with E-state index in [1.807, 2.05) is 6.92 Å². The molecule has 0 unspecified atom stereocenters. The second kappa shape index (κ2) is 9.74. The Hall–Kier alpha value is -1.64. The minimum Gasteiger partial charge on any atom is -0.456 e. The first-order valence-electron chi connectivity index (χ1n) is 8.01. The van der Waals surface area contributed by atoms with Gasteiger partial charge in [-0.1, -0.05) is 32.4 Å². The number of nitrogens with zero attached hydrogens (tertiary/aromatic N) is 1. The van der Waals surface area contributed by atoms with Gasteiger partial charge in [-0.05, 0) is 24.6 Å². The number of halogens is 1. The molecule has 0 saturated heterocycles. The predicted molar refractivity (Wildman–Crippen MR) is 96.1 cm³/mol. The van der Waals surface area contributed by atoms with Crippen molar-refractivity contribution in [3.8, 4) is 0 Å². The standard InChI is InChI=1S/C16H23ClN2O5S/c1-4-7-16(21)24-11-15(20)18-14-10-12(8-9-13(14)17)25(22,23)19(5-2)6-3/h8-10H,4-7,11H2,1-3H3,(H,18,20). The van der Waals surface area contributed by atoms with Gasteiger partial charge in [-0.15, -0.1) is 0 Å². The van der Waals surface area contributed by atoms with Crippen LogP contribution < -0.4 is 5.32 Å². The lowest BCUT2D eigenvalue weighted by Gasteiger charge is -2.19. The molecule has 0 fully saturated rings. The Morgan fingerprint density at radius 2 is 1.84 bits per heavy atom. The Morgan fingerprint density at radius 1 is 1.20 bits per heavy atom. The number of esters is 1. The van der Waals surface area contributed by atoms with Gasteiger partial charge in [-0.25, -0.2) is 8.42 Å². The second-order valence-corrected chi connectivity index (χ2v) is 7.53. The zero-order chi connectivity index (χ0) is 19.0. The smallest absolute Gasteiger partial charge is 0.306 e. The Morgan fingerprint density at radius 3 is 2.40 bits per heavy atom. The summed E-state index contributed by atoms with van der Waals surface area (Å²) in [5.41, 5.74) is 0.145. The third kappa shape index (κ3) is 5.98. The molecule has 0 aliphatic rings. The molecule has 9 heteroatoms. The molecule has 0 radical (unpaired) electrons. The van der Waals surface area contributed by atoms with Gasteiger partial charge < -0.3 is 10.1 Å². The summed E-state index contributed by atoms with van der Waals surface area (Å²) in [7, 11) is -3.67. The average molecular weight is 391 g/mol. The maximum Gasteiger partial charge on any atom is 0.306 e. The van der Waals surface area contributed by atoms with Gasteiger partial charge in [0.1, 0.15) is 0 Å². The van der Waals surface area contributed by atoms with Crippen LogP contribution in [0, 0.1) is 0 Å². The molecule has 1 N–H and O–H groups in total. The van der Waals surface area contributed by atoms with Crippen LogP contribution >= 0.6 is 11.6 Å². The Bertz CT molecular complexity index is 717. The van der Waals surface area contributed by atoms with Crippen LogP contribution in [0.15, 0.2) is 23.1 Å². The first-order chi connectivity index (χ1) is 11.8. The molecular formula is C16H23ClN2O5S. The lowest BCUT2D eigenvalue weighted by atomic mass is 10.3. The summed E-state index contributed by atoms with van der Waals surface area (Å²) in [5, 5.41) is 2.65. The molecular weight excluding hydrogens is 368 g/mol. The van der Waals surface area contributed by atoms with Crippen molar-refractivity contribution >= 4 is 39.2 Å². The fraction of sp³-hybridized carbons (Fsp3) is 0.500. The Balaban J connectivity index is 2.92. The van der Waals surface area contributed by atoms with E-state index in [1.54, 1.807) is 13.8 Å². The summed E-state index contributed by atoms with van der Waals surface area (Å²) in [4.78, 5) is 23.2. The molecule has 140 valence electrons. The quantitative estimate of drug-likeness (QED) is 0.654. The van der Waals surface area contributed by atoms with Crippen LogP contribution in [0.25, 0.3) is 0 Å². The molecule has 1 aromatic rings. The first kappa shape index (κ1) is 21.4. The molecule has 0 bridgehead atoms. The molecule has 1 rings (SSSR count). The normalized spacial score (nSPS) is 11.4. The topological polar surface area (TPSA) is 92.8 Å². The zero-order valence-corrected chi connectivity index (χ0v) is 16.1. The number of amides is 1. The van der Waals surface area contributed by atoms with Crippen molar-refractivity contribution in [2.24, 2.45) is 0 Å². The van der Waals surface area contributed by atoms with Crippen LogP contribution in [0.5, 0.6) is 0 Å². The van der Waals surface area contributed by atoms with E-state index < -0.39 is 28.5 Å². The van der Waals surface area contributed by atoms with Crippen LogP contribution in [-0.4, -0.2) is 44.3 Å². The van der Waals surface area contributed by atoms with E-state index in [-0.39, 0.29) is 22.0 Å². The first-order valence-corrected chi connectivity index (χ1v) is 9.83. The minimum absolute atomic E-state index is 0.0267. The lowest BCUT2D eigenvalue weighted by molar-refractivity contribution is -0.147. The number of rotatable bonds is 9. The van der Waals surface area contributed by atoms with Crippen molar-refractivity contribution in [1.82, 2.24) is 4.31 Å². The maximum atomic E-state index is 12.5. The van der Waals surface area contributed by atoms with Gasteiger partial charge in [0.05, 0.1) is 15.6 Å². The molecule has 0 spiro atoms. The van der Waals surface area contributed by atoms with Crippen molar-refractivity contribution in [3.63, 3.8) is 0 Å². The van der Waals surface area contributed by atoms with Crippen molar-refractivity contribution in [3.05, 3.63) is 23.2 Å². The van der Waals surface area contributed by atoms with E-state index >= 15 is 0 Å². The van der Waals surface area contributed by atoms with Gasteiger partial charge in [0.25, 0.3) is 5.91 Å². The molecule has 0 aliphatic carbocycles. The third-order valence-electron chi connectivity index (χ3n) is 3.37. The van der Waals surface area contributed by atoms with Gasteiger partial charge in [0, 0.05) is 19.5 Å². The largest absolute Gasteiger partial charge is 0.456 e. The number of sulfonamides is 1. The number of benzene rings is 1. The average Bonchev–Trinajstić information content (AvgIpc) is 2.56. The minimum atomic E-state index is -3.67. The molecule has 0 aromatic heterocycles. The summed E-state index contributed by atoms with van der Waals surface area (Å²) in [5.74, 6) is -1.06. The highest BCUT2D eigenvalue weighted by Gasteiger charge is 2.22.